The smallest absolute Gasteiger partial charge is 0.247 e. The highest BCUT2D eigenvalue weighted by molar-refractivity contribution is 7.10. The Hall–Kier alpha value is -1.85. The molecule has 0 bridgehead atoms. The van der Waals surface area contributed by atoms with Gasteiger partial charge in [-0.3, -0.25) is 9.59 Å². The van der Waals surface area contributed by atoms with Gasteiger partial charge in [0.1, 0.15) is 6.04 Å². The van der Waals surface area contributed by atoms with E-state index in [1.807, 2.05) is 29.6 Å². The first-order valence-corrected chi connectivity index (χ1v) is 8.26. The van der Waals surface area contributed by atoms with Gasteiger partial charge in [0.2, 0.25) is 11.8 Å². The van der Waals surface area contributed by atoms with Crippen LogP contribution in [-0.4, -0.2) is 29.8 Å². The number of benzene rings is 1. The summed E-state index contributed by atoms with van der Waals surface area (Å²) in [7, 11) is 0. The molecule has 6 heteroatoms. The van der Waals surface area contributed by atoms with Crippen LogP contribution < -0.4 is 5.32 Å². The number of carbonyl (C=O) groups is 2. The number of rotatable bonds is 3. The van der Waals surface area contributed by atoms with E-state index in [0.717, 1.165) is 4.88 Å². The molecule has 3 rings (SSSR count). The van der Waals surface area contributed by atoms with E-state index in [1.165, 1.54) is 0 Å². The molecule has 2 heterocycles. The summed E-state index contributed by atoms with van der Waals surface area (Å²) in [5.41, 5.74) is 0.667. The molecule has 2 amide bonds. The van der Waals surface area contributed by atoms with Crippen LogP contribution in [0.15, 0.2) is 41.8 Å². The van der Waals surface area contributed by atoms with Crippen LogP contribution in [0.4, 0.5) is 0 Å². The van der Waals surface area contributed by atoms with E-state index in [9.17, 15) is 9.59 Å². The van der Waals surface area contributed by atoms with Gasteiger partial charge < -0.3 is 10.2 Å². The molecule has 0 aliphatic carbocycles. The Balaban J connectivity index is 1.88. The predicted octanol–water partition coefficient (Wildman–Crippen LogP) is 2.64. The first-order valence-electron chi connectivity index (χ1n) is 7.01. The first-order chi connectivity index (χ1) is 10.7. The fourth-order valence-electron chi connectivity index (χ4n) is 2.61. The normalized spacial score (nSPS) is 18.1. The highest BCUT2D eigenvalue weighted by Gasteiger charge is 2.35. The number of amides is 2. The lowest BCUT2D eigenvalue weighted by Gasteiger charge is -2.35. The molecule has 1 fully saturated rings. The number of hydrogen-bond acceptors (Lipinski definition) is 3. The Morgan fingerprint density at radius 1 is 1.32 bits per heavy atom. The van der Waals surface area contributed by atoms with Gasteiger partial charge in [-0.2, -0.15) is 0 Å². The molecule has 1 N–H and O–H groups in total. The lowest BCUT2D eigenvalue weighted by Crippen LogP contribution is -2.52. The van der Waals surface area contributed by atoms with Gasteiger partial charge in [-0.05, 0) is 17.5 Å². The van der Waals surface area contributed by atoms with Crippen molar-refractivity contribution in [3.8, 4) is 0 Å². The van der Waals surface area contributed by atoms with Crippen molar-refractivity contribution in [1.29, 1.82) is 0 Å². The summed E-state index contributed by atoms with van der Waals surface area (Å²) >= 11 is 7.76. The SMILES string of the molecule is O=C1NCCN(C(=O)Cc2cccs2)C1c1ccccc1Cl. The Bertz CT molecular complexity index is 687. The van der Waals surface area contributed by atoms with Crippen molar-refractivity contribution in [2.24, 2.45) is 0 Å². The van der Waals surface area contributed by atoms with Crippen LogP contribution in [-0.2, 0) is 16.0 Å². The lowest BCUT2D eigenvalue weighted by atomic mass is 10.0. The van der Waals surface area contributed by atoms with E-state index in [2.05, 4.69) is 5.32 Å². The summed E-state index contributed by atoms with van der Waals surface area (Å²) < 4.78 is 0. The topological polar surface area (TPSA) is 49.4 Å². The molecule has 22 heavy (non-hydrogen) atoms. The Morgan fingerprint density at radius 2 is 2.14 bits per heavy atom. The van der Waals surface area contributed by atoms with Gasteiger partial charge in [-0.15, -0.1) is 11.3 Å². The number of nitrogens with zero attached hydrogens (tertiary/aromatic N) is 1. The Kier molecular flexibility index (Phi) is 4.45. The second kappa shape index (κ2) is 6.50. The average Bonchev–Trinajstić information content (AvgIpc) is 3.01. The minimum absolute atomic E-state index is 0.0535. The molecule has 114 valence electrons. The maximum atomic E-state index is 12.6. The van der Waals surface area contributed by atoms with Gasteiger partial charge in [-0.25, -0.2) is 0 Å². The number of carbonyl (C=O) groups excluding carboxylic acids is 2. The van der Waals surface area contributed by atoms with Crippen LogP contribution >= 0.6 is 22.9 Å². The van der Waals surface area contributed by atoms with E-state index in [1.54, 1.807) is 28.4 Å². The number of piperazine rings is 1. The molecule has 0 saturated carbocycles. The minimum Gasteiger partial charge on any atom is -0.352 e. The van der Waals surface area contributed by atoms with Crippen LogP contribution in [0.25, 0.3) is 0 Å². The van der Waals surface area contributed by atoms with Crippen molar-refractivity contribution in [3.63, 3.8) is 0 Å². The summed E-state index contributed by atoms with van der Waals surface area (Å²) in [6.45, 7) is 0.960. The maximum Gasteiger partial charge on any atom is 0.247 e. The molecular weight excluding hydrogens is 320 g/mol. The van der Waals surface area contributed by atoms with Crippen molar-refractivity contribution in [2.45, 2.75) is 12.5 Å². The molecule has 1 unspecified atom stereocenters. The first kappa shape index (κ1) is 15.1. The fraction of sp³-hybridized carbons (Fsp3) is 0.250. The summed E-state index contributed by atoms with van der Waals surface area (Å²) in [5.74, 6) is -0.235. The Labute approximate surface area is 137 Å². The van der Waals surface area contributed by atoms with Gasteiger partial charge in [0.15, 0.2) is 0 Å². The van der Waals surface area contributed by atoms with Crippen LogP contribution in [0.3, 0.4) is 0 Å². The molecule has 1 aliphatic heterocycles. The third kappa shape index (κ3) is 3.00. The summed E-state index contributed by atoms with van der Waals surface area (Å²) in [6.07, 6.45) is 0.311. The largest absolute Gasteiger partial charge is 0.352 e. The van der Waals surface area contributed by atoms with E-state index in [0.29, 0.717) is 30.1 Å². The fourth-order valence-corrected chi connectivity index (χ4v) is 3.54. The molecule has 0 radical (unpaired) electrons. The zero-order valence-electron chi connectivity index (χ0n) is 11.8. The Morgan fingerprint density at radius 3 is 2.86 bits per heavy atom. The summed E-state index contributed by atoms with van der Waals surface area (Å²) in [4.78, 5) is 27.5. The number of halogens is 1. The summed E-state index contributed by atoms with van der Waals surface area (Å²) in [6, 6.07) is 10.4. The zero-order valence-corrected chi connectivity index (χ0v) is 13.4. The lowest BCUT2D eigenvalue weighted by molar-refractivity contribution is -0.143. The van der Waals surface area contributed by atoms with Gasteiger partial charge in [0.05, 0.1) is 6.42 Å². The quantitative estimate of drug-likeness (QED) is 0.938. The highest BCUT2D eigenvalue weighted by atomic mass is 35.5. The van der Waals surface area contributed by atoms with Crippen LogP contribution in [0.1, 0.15) is 16.5 Å². The maximum absolute atomic E-state index is 12.6. The minimum atomic E-state index is -0.657. The standard InChI is InChI=1S/C16H15ClN2O2S/c17-13-6-2-1-5-12(13)15-16(21)18-7-8-19(15)14(20)10-11-4-3-9-22-11/h1-6,9,15H,7-8,10H2,(H,18,21). The third-order valence-electron chi connectivity index (χ3n) is 3.64. The van der Waals surface area contributed by atoms with Crippen molar-refractivity contribution in [2.75, 3.05) is 13.1 Å². The molecule has 2 aromatic rings. The highest BCUT2D eigenvalue weighted by Crippen LogP contribution is 2.30. The zero-order chi connectivity index (χ0) is 15.5. The van der Waals surface area contributed by atoms with Gasteiger partial charge in [0.25, 0.3) is 0 Å². The number of thiophene rings is 1. The van der Waals surface area contributed by atoms with Crippen LogP contribution in [0, 0.1) is 0 Å². The van der Waals surface area contributed by atoms with Crippen LogP contribution in [0.5, 0.6) is 0 Å². The average molecular weight is 335 g/mol. The molecule has 4 nitrogen and oxygen atoms in total. The molecule has 0 spiro atoms. The second-order valence-corrected chi connectivity index (χ2v) is 6.50. The number of nitrogens with one attached hydrogen (secondary N) is 1. The van der Waals surface area contributed by atoms with E-state index >= 15 is 0 Å². The third-order valence-corrected chi connectivity index (χ3v) is 4.86. The van der Waals surface area contributed by atoms with Crippen molar-refractivity contribution in [1.82, 2.24) is 10.2 Å². The number of hydrogen-bond donors (Lipinski definition) is 1. The van der Waals surface area contributed by atoms with Gasteiger partial charge in [-0.1, -0.05) is 35.9 Å². The monoisotopic (exact) mass is 334 g/mol. The van der Waals surface area contributed by atoms with Crippen molar-refractivity contribution < 1.29 is 9.59 Å². The second-order valence-electron chi connectivity index (χ2n) is 5.06. The van der Waals surface area contributed by atoms with Gasteiger partial charge >= 0.3 is 0 Å². The molecular formula is C16H15ClN2O2S. The molecule has 1 saturated heterocycles. The van der Waals surface area contributed by atoms with E-state index < -0.39 is 6.04 Å². The van der Waals surface area contributed by atoms with Crippen molar-refractivity contribution in [3.05, 3.63) is 57.2 Å². The summed E-state index contributed by atoms with van der Waals surface area (Å²) in [5, 5.41) is 5.25. The molecule has 1 atom stereocenters. The molecule has 1 aromatic heterocycles. The van der Waals surface area contributed by atoms with Crippen molar-refractivity contribution >= 4 is 34.8 Å². The van der Waals surface area contributed by atoms with E-state index in [-0.39, 0.29) is 11.8 Å². The predicted molar refractivity (Wildman–Crippen MR) is 86.9 cm³/mol. The van der Waals surface area contributed by atoms with E-state index in [4.69, 9.17) is 11.6 Å². The van der Waals surface area contributed by atoms with Crippen LogP contribution in [0.2, 0.25) is 5.02 Å². The molecule has 1 aromatic carbocycles. The van der Waals surface area contributed by atoms with Gasteiger partial charge in [0, 0.05) is 28.6 Å². The molecule has 1 aliphatic rings.